The van der Waals surface area contributed by atoms with Crippen molar-refractivity contribution in [2.24, 2.45) is 5.92 Å². The summed E-state index contributed by atoms with van der Waals surface area (Å²) in [7, 11) is -7.17. The third-order valence-electron chi connectivity index (χ3n) is 6.92. The van der Waals surface area contributed by atoms with Crippen molar-refractivity contribution in [3.63, 3.8) is 0 Å². The maximum absolute atomic E-state index is 13.4. The van der Waals surface area contributed by atoms with Gasteiger partial charge in [-0.2, -0.15) is 0 Å². The highest BCUT2D eigenvalue weighted by atomic mass is 32.2. The molecule has 0 radical (unpaired) electrons. The Hall–Kier alpha value is -2.83. The van der Waals surface area contributed by atoms with E-state index in [1.165, 1.54) is 16.4 Å². The summed E-state index contributed by atoms with van der Waals surface area (Å²) in [5, 5.41) is 8.74. The van der Waals surface area contributed by atoms with Gasteiger partial charge in [-0.1, -0.05) is 31.0 Å². The highest BCUT2D eigenvalue weighted by molar-refractivity contribution is 7.90. The van der Waals surface area contributed by atoms with Gasteiger partial charge < -0.3 is 0 Å². The minimum absolute atomic E-state index is 0.0257. The van der Waals surface area contributed by atoms with Crippen LogP contribution >= 0.6 is 0 Å². The van der Waals surface area contributed by atoms with Crippen LogP contribution in [0.25, 0.3) is 16.8 Å². The molecule has 3 aromatic heterocycles. The average molecular weight is 517 g/mol. The van der Waals surface area contributed by atoms with E-state index in [-0.39, 0.29) is 34.2 Å². The van der Waals surface area contributed by atoms with E-state index in [1.807, 2.05) is 11.3 Å². The van der Waals surface area contributed by atoms with Gasteiger partial charge in [0.1, 0.15) is 5.82 Å². The predicted octanol–water partition coefficient (Wildman–Crippen LogP) is 2.84. The minimum atomic E-state index is -3.85. The van der Waals surface area contributed by atoms with Crippen molar-refractivity contribution < 1.29 is 16.8 Å². The number of aryl methyl sites for hydroxylation is 1. The topological polar surface area (TPSA) is 128 Å². The predicted molar refractivity (Wildman–Crippen MR) is 132 cm³/mol. The lowest BCUT2D eigenvalue weighted by atomic mass is 9.93. The Morgan fingerprint density at radius 1 is 1.03 bits per heavy atom. The quantitative estimate of drug-likeness (QED) is 0.400. The van der Waals surface area contributed by atoms with Crippen LogP contribution in [0.15, 0.2) is 47.6 Å². The van der Waals surface area contributed by atoms with Gasteiger partial charge in [-0.25, -0.2) is 30.5 Å². The number of benzene rings is 1. The molecule has 1 aromatic carbocycles. The summed E-state index contributed by atoms with van der Waals surface area (Å²) < 4.78 is 56.9. The van der Waals surface area contributed by atoms with Crippen molar-refractivity contribution in [3.05, 3.63) is 54.1 Å². The summed E-state index contributed by atoms with van der Waals surface area (Å²) in [6.07, 6.45) is 5.20. The first-order valence-electron chi connectivity index (χ1n) is 11.7. The summed E-state index contributed by atoms with van der Waals surface area (Å²) in [5.74, 6) is 0.923. The molecule has 1 aliphatic carbocycles. The second-order valence-corrected chi connectivity index (χ2v) is 13.0. The van der Waals surface area contributed by atoms with Crippen molar-refractivity contribution in [1.29, 1.82) is 0 Å². The zero-order chi connectivity index (χ0) is 25.0. The van der Waals surface area contributed by atoms with Gasteiger partial charge in [0.25, 0.3) is 10.0 Å². The fourth-order valence-corrected chi connectivity index (χ4v) is 7.20. The van der Waals surface area contributed by atoms with Crippen LogP contribution in [-0.2, 0) is 20.0 Å². The van der Waals surface area contributed by atoms with E-state index >= 15 is 0 Å². The maximum Gasteiger partial charge on any atom is 0.269 e. The molecule has 10 nitrogen and oxygen atoms in total. The number of hydrogen-bond acceptors (Lipinski definition) is 7. The van der Waals surface area contributed by atoms with Gasteiger partial charge >= 0.3 is 0 Å². The highest BCUT2D eigenvalue weighted by Crippen LogP contribution is 2.41. The third kappa shape index (κ3) is 4.13. The number of aromatic nitrogens is 5. The Bertz CT molecular complexity index is 1610. The van der Waals surface area contributed by atoms with Crippen LogP contribution in [0.3, 0.4) is 0 Å². The molecule has 5 rings (SSSR count). The van der Waals surface area contributed by atoms with E-state index in [1.54, 1.807) is 37.3 Å². The minimum Gasteiger partial charge on any atom is -0.274 e. The molecule has 1 N–H and O–H groups in total. The molecule has 3 atom stereocenters. The lowest BCUT2D eigenvalue weighted by Crippen LogP contribution is -2.34. The van der Waals surface area contributed by atoms with E-state index in [0.29, 0.717) is 29.8 Å². The number of fused-ring (bicyclic) bond motifs is 3. The number of sulfonamides is 1. The number of nitrogens with one attached hydrogen (secondary N) is 1. The first-order chi connectivity index (χ1) is 16.6. The molecule has 0 saturated heterocycles. The maximum atomic E-state index is 13.4. The van der Waals surface area contributed by atoms with Crippen LogP contribution in [0.4, 0.5) is 0 Å². The highest BCUT2D eigenvalue weighted by Gasteiger charge is 2.38. The molecular weight excluding hydrogens is 488 g/mol. The number of nitrogens with zero attached hydrogens (tertiary/aromatic N) is 5. The van der Waals surface area contributed by atoms with E-state index in [4.69, 9.17) is 0 Å². The molecule has 186 valence electrons. The van der Waals surface area contributed by atoms with Gasteiger partial charge in [0.15, 0.2) is 11.3 Å². The SMILES string of the molecule is CC[C@@H]1C[C@H](NS(=O)(=O)CC)C[C@@H]1c1nnc2cnc3c(ccn3S(=O)(=O)c3ccc(C)cc3)n12. The van der Waals surface area contributed by atoms with Gasteiger partial charge in [-0.3, -0.25) is 4.40 Å². The summed E-state index contributed by atoms with van der Waals surface area (Å²) in [5.41, 5.74) is 2.36. The zero-order valence-corrected chi connectivity index (χ0v) is 21.4. The Morgan fingerprint density at radius 3 is 2.46 bits per heavy atom. The molecule has 1 saturated carbocycles. The second-order valence-electron chi connectivity index (χ2n) is 9.11. The van der Waals surface area contributed by atoms with Crippen molar-refractivity contribution in [1.82, 2.24) is 28.3 Å². The third-order valence-corrected chi connectivity index (χ3v) is 10.0. The fourth-order valence-electron chi connectivity index (χ4n) is 5.04. The average Bonchev–Trinajstić information content (AvgIpc) is 3.54. The largest absolute Gasteiger partial charge is 0.274 e. The van der Waals surface area contributed by atoms with Crippen molar-refractivity contribution >= 4 is 36.9 Å². The van der Waals surface area contributed by atoms with Crippen LogP contribution in [0.5, 0.6) is 0 Å². The fraction of sp³-hybridized carbons (Fsp3) is 0.435. The van der Waals surface area contributed by atoms with E-state index < -0.39 is 20.0 Å². The van der Waals surface area contributed by atoms with Gasteiger partial charge in [0.2, 0.25) is 10.0 Å². The van der Waals surface area contributed by atoms with Crippen LogP contribution in [-0.4, -0.2) is 52.2 Å². The van der Waals surface area contributed by atoms with Crippen molar-refractivity contribution in [3.8, 4) is 0 Å². The van der Waals surface area contributed by atoms with Gasteiger partial charge in [-0.15, -0.1) is 10.2 Å². The normalized spacial score (nSPS) is 21.3. The Morgan fingerprint density at radius 2 is 1.77 bits per heavy atom. The van der Waals surface area contributed by atoms with E-state index in [2.05, 4.69) is 26.8 Å². The zero-order valence-electron chi connectivity index (χ0n) is 19.8. The number of hydrogen-bond donors (Lipinski definition) is 1. The van der Waals surface area contributed by atoms with Gasteiger partial charge in [0, 0.05) is 18.2 Å². The summed E-state index contributed by atoms with van der Waals surface area (Å²) >= 11 is 0. The molecule has 3 heterocycles. The molecule has 0 aliphatic heterocycles. The van der Waals surface area contributed by atoms with Gasteiger partial charge in [0.05, 0.1) is 22.4 Å². The standard InChI is InChI=1S/C23H28N6O4S2/c1-4-16-12-17(27-34(30,31)5-2)13-19(16)22-26-25-21-14-24-23-20(29(21)22)10-11-28(23)35(32,33)18-8-6-15(3)7-9-18/h6-11,14,16-17,19,27H,4-5,12-13H2,1-3H3/t16-,17+,19+/m1/s1. The summed E-state index contributed by atoms with van der Waals surface area (Å²) in [4.78, 5) is 4.58. The summed E-state index contributed by atoms with van der Waals surface area (Å²) in [6, 6.07) is 8.22. The number of rotatable bonds is 7. The lowest BCUT2D eigenvalue weighted by Gasteiger charge is -2.16. The molecule has 0 unspecified atom stereocenters. The van der Waals surface area contributed by atoms with Crippen LogP contribution in [0.1, 0.15) is 50.4 Å². The Kier molecular flexibility index (Phi) is 5.93. The molecule has 12 heteroatoms. The van der Waals surface area contributed by atoms with Crippen molar-refractivity contribution in [2.45, 2.75) is 56.9 Å². The van der Waals surface area contributed by atoms with E-state index in [9.17, 15) is 16.8 Å². The lowest BCUT2D eigenvalue weighted by molar-refractivity contribution is 0.449. The Labute approximate surface area is 204 Å². The Balaban J connectivity index is 1.59. The smallest absolute Gasteiger partial charge is 0.269 e. The van der Waals surface area contributed by atoms with Gasteiger partial charge in [-0.05, 0) is 50.8 Å². The van der Waals surface area contributed by atoms with Crippen LogP contribution in [0, 0.1) is 12.8 Å². The monoisotopic (exact) mass is 516 g/mol. The molecule has 4 aromatic rings. The molecule has 0 spiro atoms. The van der Waals surface area contributed by atoms with Crippen LogP contribution in [0.2, 0.25) is 0 Å². The second kappa shape index (κ2) is 8.68. The molecule has 0 amide bonds. The first kappa shape index (κ1) is 23.9. The molecule has 0 bridgehead atoms. The van der Waals surface area contributed by atoms with Crippen LogP contribution < -0.4 is 4.72 Å². The molecule has 35 heavy (non-hydrogen) atoms. The van der Waals surface area contributed by atoms with E-state index in [0.717, 1.165) is 12.0 Å². The first-order valence-corrected chi connectivity index (χ1v) is 14.8. The molecular formula is C23H28N6O4S2. The summed E-state index contributed by atoms with van der Waals surface area (Å²) in [6.45, 7) is 5.61. The molecule has 1 aliphatic rings. The van der Waals surface area contributed by atoms with Crippen molar-refractivity contribution in [2.75, 3.05) is 5.75 Å². The molecule has 1 fully saturated rings.